The van der Waals surface area contributed by atoms with Gasteiger partial charge in [0, 0.05) is 38.2 Å². The maximum atomic E-state index is 5.33. The molecule has 0 aliphatic carbocycles. The quantitative estimate of drug-likeness (QED) is 0.521. The molecule has 0 saturated carbocycles. The van der Waals surface area contributed by atoms with Crippen LogP contribution >= 0.6 is 0 Å². The molecule has 0 aliphatic heterocycles. The lowest BCUT2D eigenvalue weighted by molar-refractivity contribution is 0.372. The van der Waals surface area contributed by atoms with Gasteiger partial charge >= 0.3 is 0 Å². The van der Waals surface area contributed by atoms with Gasteiger partial charge in [0.15, 0.2) is 17.5 Å². The van der Waals surface area contributed by atoms with Gasteiger partial charge in [-0.3, -0.25) is 4.99 Å². The molecule has 8 nitrogen and oxygen atoms in total. The number of hydrogen-bond donors (Lipinski definition) is 2. The first kappa shape index (κ1) is 17.7. The molecule has 0 saturated heterocycles. The highest BCUT2D eigenvalue weighted by molar-refractivity contribution is 5.79. The Morgan fingerprint density at radius 1 is 1.23 bits per heavy atom. The Morgan fingerprint density at radius 2 is 2.08 bits per heavy atom. The van der Waals surface area contributed by atoms with Gasteiger partial charge in [-0.25, -0.2) is 9.67 Å². The van der Waals surface area contributed by atoms with Crippen LogP contribution in [0.4, 0.5) is 0 Å². The van der Waals surface area contributed by atoms with Crippen molar-refractivity contribution >= 4 is 5.96 Å². The average Bonchev–Trinajstić information content (AvgIpc) is 3.34. The normalized spacial score (nSPS) is 11.8. The number of nitrogens with one attached hydrogen (secondary N) is 2. The molecule has 26 heavy (non-hydrogen) atoms. The standard InChI is InChI=1S/C18H23N7O/c1-13(2)16-10-15(26-24-16)12-22-18(19-3)21-11-14-5-7-20-17(9-14)25-8-4-6-23-25/h4-10,13H,11-12H2,1-3H3,(H2,19,21,22). The topological polar surface area (TPSA) is 93.2 Å². The molecule has 3 aromatic rings. The zero-order valence-electron chi connectivity index (χ0n) is 15.2. The number of rotatable bonds is 6. The van der Waals surface area contributed by atoms with E-state index in [2.05, 4.69) is 44.7 Å². The summed E-state index contributed by atoms with van der Waals surface area (Å²) < 4.78 is 7.06. The monoisotopic (exact) mass is 353 g/mol. The van der Waals surface area contributed by atoms with Crippen LogP contribution in [0, 0.1) is 0 Å². The van der Waals surface area contributed by atoms with Crippen molar-refractivity contribution in [2.75, 3.05) is 7.05 Å². The van der Waals surface area contributed by atoms with Crippen LogP contribution in [0.2, 0.25) is 0 Å². The lowest BCUT2D eigenvalue weighted by Gasteiger charge is -2.11. The van der Waals surface area contributed by atoms with Gasteiger partial charge in [0.2, 0.25) is 0 Å². The molecule has 0 bridgehead atoms. The minimum absolute atomic E-state index is 0.348. The molecule has 2 N–H and O–H groups in total. The molecule has 0 spiro atoms. The third kappa shape index (κ3) is 4.47. The minimum Gasteiger partial charge on any atom is -0.359 e. The Kier molecular flexibility index (Phi) is 5.62. The predicted molar refractivity (Wildman–Crippen MR) is 99.0 cm³/mol. The number of nitrogens with zero attached hydrogens (tertiary/aromatic N) is 5. The summed E-state index contributed by atoms with van der Waals surface area (Å²) >= 11 is 0. The summed E-state index contributed by atoms with van der Waals surface area (Å²) in [5.74, 6) is 2.59. The SMILES string of the molecule is CN=C(NCc1ccnc(-n2cccn2)c1)NCc1cc(C(C)C)no1. The second-order valence-corrected chi connectivity index (χ2v) is 6.13. The molecule has 0 fully saturated rings. The molecule has 0 amide bonds. The van der Waals surface area contributed by atoms with Crippen LogP contribution in [0.15, 0.2) is 52.4 Å². The molecule has 0 atom stereocenters. The summed E-state index contributed by atoms with van der Waals surface area (Å²) in [7, 11) is 1.73. The highest BCUT2D eigenvalue weighted by Crippen LogP contribution is 2.13. The molecule has 136 valence electrons. The number of pyridine rings is 1. The van der Waals surface area contributed by atoms with Crippen molar-refractivity contribution in [3.8, 4) is 5.82 Å². The summed E-state index contributed by atoms with van der Waals surface area (Å²) in [6, 6.07) is 7.77. The van der Waals surface area contributed by atoms with E-state index in [9.17, 15) is 0 Å². The molecular formula is C18H23N7O. The number of guanidine groups is 1. The van der Waals surface area contributed by atoms with Gasteiger partial charge in [-0.1, -0.05) is 19.0 Å². The van der Waals surface area contributed by atoms with E-state index in [1.54, 1.807) is 24.1 Å². The van der Waals surface area contributed by atoms with E-state index in [0.717, 1.165) is 22.8 Å². The average molecular weight is 353 g/mol. The van der Waals surface area contributed by atoms with Crippen LogP contribution in [0.1, 0.15) is 36.8 Å². The zero-order valence-corrected chi connectivity index (χ0v) is 15.2. The van der Waals surface area contributed by atoms with Crippen molar-refractivity contribution in [3.05, 3.63) is 59.9 Å². The molecule has 3 aromatic heterocycles. The van der Waals surface area contributed by atoms with E-state index in [4.69, 9.17) is 4.52 Å². The Labute approximate surface area is 152 Å². The fourth-order valence-corrected chi connectivity index (χ4v) is 2.36. The van der Waals surface area contributed by atoms with E-state index in [-0.39, 0.29) is 0 Å². The van der Waals surface area contributed by atoms with Crippen molar-refractivity contribution in [1.82, 2.24) is 30.6 Å². The van der Waals surface area contributed by atoms with Crippen molar-refractivity contribution in [2.24, 2.45) is 4.99 Å². The van der Waals surface area contributed by atoms with Crippen LogP contribution in [0.25, 0.3) is 5.82 Å². The first-order chi connectivity index (χ1) is 12.7. The summed E-state index contributed by atoms with van der Waals surface area (Å²) in [6.07, 6.45) is 5.36. The lowest BCUT2D eigenvalue weighted by atomic mass is 10.1. The highest BCUT2D eigenvalue weighted by atomic mass is 16.5. The fourth-order valence-electron chi connectivity index (χ4n) is 2.36. The van der Waals surface area contributed by atoms with Crippen LogP contribution in [0.3, 0.4) is 0 Å². The van der Waals surface area contributed by atoms with E-state index in [1.165, 1.54) is 0 Å². The molecule has 0 aromatic carbocycles. The summed E-state index contributed by atoms with van der Waals surface area (Å²) in [5, 5.41) is 14.8. The van der Waals surface area contributed by atoms with Crippen molar-refractivity contribution in [2.45, 2.75) is 32.9 Å². The second kappa shape index (κ2) is 8.28. The maximum Gasteiger partial charge on any atom is 0.191 e. The minimum atomic E-state index is 0.348. The zero-order chi connectivity index (χ0) is 18.4. The van der Waals surface area contributed by atoms with Crippen LogP contribution in [-0.2, 0) is 13.1 Å². The number of hydrogen-bond acceptors (Lipinski definition) is 5. The first-order valence-corrected chi connectivity index (χ1v) is 8.50. The molecular weight excluding hydrogens is 330 g/mol. The number of aromatic nitrogens is 4. The molecule has 0 radical (unpaired) electrons. The van der Waals surface area contributed by atoms with E-state index in [1.807, 2.05) is 30.5 Å². The molecule has 0 unspecified atom stereocenters. The Bertz CT molecular complexity index is 852. The Hall–Kier alpha value is -3.16. The lowest BCUT2D eigenvalue weighted by Crippen LogP contribution is -2.36. The predicted octanol–water partition coefficient (Wildman–Crippen LogP) is 2.24. The van der Waals surface area contributed by atoms with Crippen molar-refractivity contribution in [1.29, 1.82) is 0 Å². The third-order valence-electron chi connectivity index (χ3n) is 3.83. The largest absolute Gasteiger partial charge is 0.359 e. The third-order valence-corrected chi connectivity index (χ3v) is 3.83. The summed E-state index contributed by atoms with van der Waals surface area (Å²) in [4.78, 5) is 8.56. The van der Waals surface area contributed by atoms with Crippen LogP contribution in [0.5, 0.6) is 0 Å². The maximum absolute atomic E-state index is 5.33. The molecule has 0 aliphatic rings. The smallest absolute Gasteiger partial charge is 0.191 e. The van der Waals surface area contributed by atoms with Gasteiger partial charge in [0.25, 0.3) is 0 Å². The Balaban J connectivity index is 1.55. The van der Waals surface area contributed by atoms with Gasteiger partial charge < -0.3 is 15.2 Å². The van der Waals surface area contributed by atoms with E-state index in [0.29, 0.717) is 25.0 Å². The van der Waals surface area contributed by atoms with Crippen molar-refractivity contribution < 1.29 is 4.52 Å². The van der Waals surface area contributed by atoms with Gasteiger partial charge in [-0.05, 0) is 29.7 Å². The Morgan fingerprint density at radius 3 is 2.77 bits per heavy atom. The fraction of sp³-hybridized carbons (Fsp3) is 0.333. The van der Waals surface area contributed by atoms with Gasteiger partial charge in [-0.2, -0.15) is 5.10 Å². The van der Waals surface area contributed by atoms with Gasteiger partial charge in [0.05, 0.1) is 12.2 Å². The highest BCUT2D eigenvalue weighted by Gasteiger charge is 2.08. The summed E-state index contributed by atoms with van der Waals surface area (Å²) in [5.41, 5.74) is 2.03. The number of aliphatic imine (C=N–C) groups is 1. The first-order valence-electron chi connectivity index (χ1n) is 8.50. The van der Waals surface area contributed by atoms with E-state index < -0.39 is 0 Å². The van der Waals surface area contributed by atoms with Gasteiger partial charge in [0.1, 0.15) is 0 Å². The van der Waals surface area contributed by atoms with Gasteiger partial charge in [-0.15, -0.1) is 0 Å². The van der Waals surface area contributed by atoms with Crippen LogP contribution < -0.4 is 10.6 Å². The second-order valence-electron chi connectivity index (χ2n) is 6.13. The molecule has 8 heteroatoms. The van der Waals surface area contributed by atoms with Crippen molar-refractivity contribution in [3.63, 3.8) is 0 Å². The molecule has 3 rings (SSSR count). The summed E-state index contributed by atoms with van der Waals surface area (Å²) in [6.45, 7) is 5.31. The molecule has 3 heterocycles. The van der Waals surface area contributed by atoms with E-state index >= 15 is 0 Å². The van der Waals surface area contributed by atoms with Crippen LogP contribution in [-0.4, -0.2) is 32.9 Å².